The minimum atomic E-state index is -0.654. The first-order valence-electron chi connectivity index (χ1n) is 9.83. The van der Waals surface area contributed by atoms with Crippen LogP contribution >= 0.6 is 11.8 Å². The second-order valence-electron chi connectivity index (χ2n) is 7.32. The zero-order valence-corrected chi connectivity index (χ0v) is 17.9. The van der Waals surface area contributed by atoms with Crippen LogP contribution in [0.15, 0.2) is 22.3 Å². The number of carbonyl (C=O) groups is 2. The summed E-state index contributed by atoms with van der Waals surface area (Å²) in [5.41, 5.74) is 0.144. The Morgan fingerprint density at radius 1 is 1.26 bits per heavy atom. The fourth-order valence-electron chi connectivity index (χ4n) is 3.08. The van der Waals surface area contributed by atoms with Crippen molar-refractivity contribution in [3.05, 3.63) is 17.7 Å². The Morgan fingerprint density at radius 2 is 2.00 bits per heavy atom. The van der Waals surface area contributed by atoms with Gasteiger partial charge in [0.15, 0.2) is 16.7 Å². The summed E-state index contributed by atoms with van der Waals surface area (Å²) < 4.78 is 0. The van der Waals surface area contributed by atoms with E-state index >= 15 is 0 Å². The average molecular weight is 451 g/mol. The fourth-order valence-corrected chi connectivity index (χ4v) is 4.01. The predicted molar refractivity (Wildman–Crippen MR) is 118 cm³/mol. The van der Waals surface area contributed by atoms with Crippen molar-refractivity contribution in [2.75, 3.05) is 46.3 Å². The van der Waals surface area contributed by atoms with E-state index in [0.717, 1.165) is 44.5 Å². The third kappa shape index (κ3) is 6.32. The van der Waals surface area contributed by atoms with E-state index in [9.17, 15) is 24.9 Å². The molecule has 31 heavy (non-hydrogen) atoms. The second-order valence-corrected chi connectivity index (χ2v) is 8.51. The van der Waals surface area contributed by atoms with Crippen molar-refractivity contribution in [3.63, 3.8) is 0 Å². The number of amidine groups is 1. The quantitative estimate of drug-likeness (QED) is 0.212. The summed E-state index contributed by atoms with van der Waals surface area (Å²) in [6.07, 6.45) is 1.21. The molecule has 2 amide bonds. The number of benzene rings is 1. The molecule has 2 fully saturated rings. The molecule has 0 saturated carbocycles. The molecular formula is C19H26N6O5S. The lowest BCUT2D eigenvalue weighted by Gasteiger charge is -2.32. The van der Waals surface area contributed by atoms with Crippen LogP contribution in [-0.4, -0.2) is 99.9 Å². The third-order valence-corrected chi connectivity index (χ3v) is 6.07. The molecule has 168 valence electrons. The van der Waals surface area contributed by atoms with Gasteiger partial charge in [-0.2, -0.15) is 5.10 Å². The Morgan fingerprint density at radius 3 is 2.74 bits per heavy atom. The van der Waals surface area contributed by atoms with Gasteiger partial charge < -0.3 is 30.9 Å². The number of phenolic OH excluding ortho intramolecular Hbond substituents is 3. The Bertz CT molecular complexity index is 885. The van der Waals surface area contributed by atoms with E-state index in [1.54, 1.807) is 0 Å². The molecule has 3 rings (SSSR count). The van der Waals surface area contributed by atoms with Crippen LogP contribution in [0, 0.1) is 0 Å². The molecule has 0 aromatic heterocycles. The van der Waals surface area contributed by atoms with Crippen molar-refractivity contribution >= 4 is 35.0 Å². The van der Waals surface area contributed by atoms with Gasteiger partial charge in [-0.05, 0) is 19.2 Å². The van der Waals surface area contributed by atoms with Crippen LogP contribution in [0.5, 0.6) is 17.2 Å². The molecule has 0 bridgehead atoms. The first-order chi connectivity index (χ1) is 14.8. The summed E-state index contributed by atoms with van der Waals surface area (Å²) in [6.45, 7) is 5.32. The van der Waals surface area contributed by atoms with E-state index in [0.29, 0.717) is 6.54 Å². The highest BCUT2D eigenvalue weighted by molar-refractivity contribution is 8.15. The van der Waals surface area contributed by atoms with Crippen molar-refractivity contribution < 1.29 is 24.9 Å². The number of hydrogen-bond acceptors (Lipinski definition) is 10. The summed E-state index contributed by atoms with van der Waals surface area (Å²) >= 11 is 1.10. The first kappa shape index (κ1) is 22.8. The lowest BCUT2D eigenvalue weighted by molar-refractivity contribution is -0.125. The van der Waals surface area contributed by atoms with Crippen LogP contribution in [0.4, 0.5) is 0 Å². The van der Waals surface area contributed by atoms with Gasteiger partial charge in [0.05, 0.1) is 6.21 Å². The van der Waals surface area contributed by atoms with E-state index in [-0.39, 0.29) is 29.0 Å². The van der Waals surface area contributed by atoms with Crippen LogP contribution in [0.3, 0.4) is 0 Å². The zero-order chi connectivity index (χ0) is 22.4. The maximum absolute atomic E-state index is 12.2. The fraction of sp³-hybridized carbons (Fsp3) is 0.474. The van der Waals surface area contributed by atoms with Crippen molar-refractivity contribution in [1.29, 1.82) is 0 Å². The number of hydrogen-bond donors (Lipinski definition) is 5. The number of nitrogens with one attached hydrogen (secondary N) is 2. The van der Waals surface area contributed by atoms with Gasteiger partial charge in [-0.1, -0.05) is 11.8 Å². The van der Waals surface area contributed by atoms with Crippen LogP contribution < -0.4 is 10.6 Å². The van der Waals surface area contributed by atoms with Gasteiger partial charge >= 0.3 is 0 Å². The zero-order valence-electron chi connectivity index (χ0n) is 17.1. The van der Waals surface area contributed by atoms with E-state index < -0.39 is 22.5 Å². The maximum atomic E-state index is 12.2. The van der Waals surface area contributed by atoms with Crippen LogP contribution in [-0.2, 0) is 9.59 Å². The summed E-state index contributed by atoms with van der Waals surface area (Å²) in [4.78, 5) is 28.8. The number of rotatable bonds is 7. The third-order valence-electron chi connectivity index (χ3n) is 5.00. The van der Waals surface area contributed by atoms with Gasteiger partial charge in [-0.15, -0.1) is 5.10 Å². The number of nitrogens with zero attached hydrogens (tertiary/aromatic N) is 4. The number of likely N-dealkylation sites (N-methyl/N-ethyl adjacent to an activating group) is 1. The smallest absolute Gasteiger partial charge is 0.240 e. The molecule has 2 aliphatic rings. The topological polar surface area (TPSA) is 150 Å². The molecule has 1 aromatic carbocycles. The van der Waals surface area contributed by atoms with Gasteiger partial charge in [0.1, 0.15) is 5.25 Å². The predicted octanol–water partition coefficient (Wildman–Crippen LogP) is -0.521. The molecule has 11 nitrogen and oxygen atoms in total. The number of aromatic hydroxyl groups is 3. The number of phenols is 3. The molecule has 1 atom stereocenters. The summed E-state index contributed by atoms with van der Waals surface area (Å²) in [6, 6.07) is 2.55. The number of piperazine rings is 1. The molecule has 0 radical (unpaired) electrons. The van der Waals surface area contributed by atoms with Crippen LogP contribution in [0.25, 0.3) is 0 Å². The molecular weight excluding hydrogens is 424 g/mol. The molecule has 0 aliphatic carbocycles. The Hall–Kier alpha value is -2.83. The Kier molecular flexibility index (Phi) is 7.71. The second kappa shape index (κ2) is 10.5. The van der Waals surface area contributed by atoms with E-state index in [4.69, 9.17) is 0 Å². The summed E-state index contributed by atoms with van der Waals surface area (Å²) in [5.74, 6) is -2.16. The van der Waals surface area contributed by atoms with E-state index in [1.165, 1.54) is 18.3 Å². The van der Waals surface area contributed by atoms with Crippen LogP contribution in [0.2, 0.25) is 0 Å². The van der Waals surface area contributed by atoms with Crippen molar-refractivity contribution in [2.45, 2.75) is 11.7 Å². The molecule has 2 aliphatic heterocycles. The SMILES string of the molecule is CN1CCN(CCNC(=O)CC2SC(=NN=Cc3ccc(O)c(O)c3O)NC2=O)CC1. The lowest BCUT2D eigenvalue weighted by Crippen LogP contribution is -2.47. The molecule has 1 aromatic rings. The van der Waals surface area contributed by atoms with Gasteiger partial charge in [-0.3, -0.25) is 14.5 Å². The van der Waals surface area contributed by atoms with Gasteiger partial charge in [0.25, 0.3) is 0 Å². The molecule has 12 heteroatoms. The molecule has 2 saturated heterocycles. The maximum Gasteiger partial charge on any atom is 0.240 e. The highest BCUT2D eigenvalue weighted by Gasteiger charge is 2.32. The Labute approximate surface area is 183 Å². The van der Waals surface area contributed by atoms with Gasteiger partial charge in [-0.25, -0.2) is 0 Å². The van der Waals surface area contributed by atoms with E-state index in [2.05, 4.69) is 37.7 Å². The largest absolute Gasteiger partial charge is 0.504 e. The lowest BCUT2D eigenvalue weighted by atomic mass is 10.2. The molecule has 2 heterocycles. The highest BCUT2D eigenvalue weighted by Crippen LogP contribution is 2.36. The molecule has 1 unspecified atom stereocenters. The van der Waals surface area contributed by atoms with Crippen molar-refractivity contribution in [1.82, 2.24) is 20.4 Å². The minimum Gasteiger partial charge on any atom is -0.504 e. The number of carbonyl (C=O) groups excluding carboxylic acids is 2. The van der Waals surface area contributed by atoms with Crippen molar-refractivity contribution in [3.8, 4) is 17.2 Å². The van der Waals surface area contributed by atoms with Crippen LogP contribution in [0.1, 0.15) is 12.0 Å². The first-order valence-corrected chi connectivity index (χ1v) is 10.7. The Balaban J connectivity index is 1.44. The van der Waals surface area contributed by atoms with Gasteiger partial charge in [0, 0.05) is 51.3 Å². The van der Waals surface area contributed by atoms with Crippen molar-refractivity contribution in [2.24, 2.45) is 10.2 Å². The van der Waals surface area contributed by atoms with E-state index in [1.807, 2.05) is 0 Å². The monoisotopic (exact) mass is 450 g/mol. The number of thioether (sulfide) groups is 1. The molecule has 5 N–H and O–H groups in total. The number of amides is 2. The minimum absolute atomic E-state index is 0.0363. The van der Waals surface area contributed by atoms with Gasteiger partial charge in [0.2, 0.25) is 17.6 Å². The normalized spacial score (nSPS) is 21.6. The highest BCUT2D eigenvalue weighted by atomic mass is 32.2. The molecule has 0 spiro atoms. The summed E-state index contributed by atoms with van der Waals surface area (Å²) in [7, 11) is 2.09. The summed E-state index contributed by atoms with van der Waals surface area (Å²) in [5, 5.41) is 41.3. The average Bonchev–Trinajstić information content (AvgIpc) is 3.08. The standard InChI is InChI=1S/C19H26N6O5S/c1-24-6-8-25(9-7-24)5-4-20-15(27)10-14-18(30)22-19(31-14)23-21-11-12-2-3-13(26)17(29)16(12)28/h2-3,11,14,26,28-29H,4-10H2,1H3,(H,20,27)(H,22,23,30).